The first kappa shape index (κ1) is 26.4. The molecule has 0 aromatic heterocycles. The second-order valence-corrected chi connectivity index (χ2v) is 11.3. The molecule has 7 rings (SSSR count). The minimum atomic E-state index is -0.917. The second kappa shape index (κ2) is 11.1. The normalized spacial score (nSPS) is 13.8. The van der Waals surface area contributed by atoms with Gasteiger partial charge < -0.3 is 10.4 Å². The molecule has 1 heterocycles. The summed E-state index contributed by atoms with van der Waals surface area (Å²) in [5.74, 6) is -0.149. The van der Waals surface area contributed by atoms with Crippen molar-refractivity contribution in [3.05, 3.63) is 149 Å². The first-order chi connectivity index (χ1) is 20.5. The van der Waals surface area contributed by atoms with Crippen LogP contribution in [-0.2, 0) is 13.1 Å². The minimum absolute atomic E-state index is 0.149. The van der Waals surface area contributed by atoms with Gasteiger partial charge in [0.15, 0.2) is 5.78 Å². The van der Waals surface area contributed by atoms with E-state index in [1.165, 1.54) is 43.8 Å². The van der Waals surface area contributed by atoms with Crippen LogP contribution in [0.2, 0.25) is 5.02 Å². The summed E-state index contributed by atoms with van der Waals surface area (Å²) in [6, 6.07) is 40.2. The molecule has 6 aromatic carbocycles. The van der Waals surface area contributed by atoms with Gasteiger partial charge in [-0.15, -0.1) is 0 Å². The Bertz CT molecular complexity index is 1870. The van der Waals surface area contributed by atoms with Crippen LogP contribution in [0.1, 0.15) is 27.0 Å². The van der Waals surface area contributed by atoms with E-state index in [-0.39, 0.29) is 5.78 Å². The molecule has 2 N–H and O–H groups in total. The smallest absolute Gasteiger partial charge is 0.195 e. The fourth-order valence-corrected chi connectivity index (χ4v) is 6.37. The standard InChI is InChI=1S/C37H29ClN2O2/c38-29-18-19-33(32(20-29)37(42)26-10-2-1-3-11-26)39-34(41)23-40-21-27-16-14-24-8-4-6-12-30(24)35(27)36-28(22-40)17-15-25-9-5-7-13-31(25)36/h1-20,34,39,41H,21-23H2. The number of carbonyl (C=O) groups is 1. The third kappa shape index (κ3) is 4.94. The van der Waals surface area contributed by atoms with E-state index < -0.39 is 6.23 Å². The summed E-state index contributed by atoms with van der Waals surface area (Å²) in [6.07, 6.45) is -0.917. The number of ketones is 1. The Kier molecular flexibility index (Phi) is 6.96. The van der Waals surface area contributed by atoms with Crippen molar-refractivity contribution in [1.29, 1.82) is 0 Å². The van der Waals surface area contributed by atoms with Gasteiger partial charge in [0, 0.05) is 41.5 Å². The molecule has 1 aliphatic rings. The minimum Gasteiger partial charge on any atom is -0.372 e. The molecule has 0 aliphatic carbocycles. The van der Waals surface area contributed by atoms with E-state index in [0.29, 0.717) is 41.5 Å². The Morgan fingerprint density at radius 2 is 1.31 bits per heavy atom. The highest BCUT2D eigenvalue weighted by atomic mass is 35.5. The highest BCUT2D eigenvalue weighted by Crippen LogP contribution is 2.42. The van der Waals surface area contributed by atoms with Crippen molar-refractivity contribution >= 4 is 44.6 Å². The first-order valence-electron chi connectivity index (χ1n) is 14.1. The molecule has 0 saturated heterocycles. The Labute approximate surface area is 249 Å². The van der Waals surface area contributed by atoms with Gasteiger partial charge in [-0.25, -0.2) is 0 Å². The maximum atomic E-state index is 13.3. The molecule has 0 amide bonds. The van der Waals surface area contributed by atoms with Crippen molar-refractivity contribution in [1.82, 2.24) is 4.90 Å². The second-order valence-electron chi connectivity index (χ2n) is 10.9. The van der Waals surface area contributed by atoms with Crippen LogP contribution < -0.4 is 5.32 Å². The number of rotatable bonds is 6. The van der Waals surface area contributed by atoms with E-state index in [4.69, 9.17) is 11.6 Å². The molecule has 206 valence electrons. The summed E-state index contributed by atoms with van der Waals surface area (Å²) in [4.78, 5) is 15.6. The number of halogens is 1. The Morgan fingerprint density at radius 1 is 0.738 bits per heavy atom. The maximum absolute atomic E-state index is 13.3. The molecule has 0 fully saturated rings. The number of aliphatic hydroxyl groups excluding tert-OH is 1. The highest BCUT2D eigenvalue weighted by Gasteiger charge is 2.25. The third-order valence-corrected chi connectivity index (χ3v) is 8.32. The van der Waals surface area contributed by atoms with Gasteiger partial charge in [-0.1, -0.05) is 115 Å². The summed E-state index contributed by atoms with van der Waals surface area (Å²) < 4.78 is 0. The van der Waals surface area contributed by atoms with Crippen LogP contribution in [-0.4, -0.2) is 28.6 Å². The van der Waals surface area contributed by atoms with Crippen molar-refractivity contribution in [2.24, 2.45) is 0 Å². The summed E-state index contributed by atoms with van der Waals surface area (Å²) in [6.45, 7) is 1.72. The van der Waals surface area contributed by atoms with Gasteiger partial charge in [-0.05, 0) is 62.0 Å². The average Bonchev–Trinajstić information content (AvgIpc) is 3.18. The van der Waals surface area contributed by atoms with E-state index in [0.717, 1.165) is 0 Å². The molecule has 0 radical (unpaired) electrons. The van der Waals surface area contributed by atoms with Gasteiger partial charge in [-0.2, -0.15) is 0 Å². The van der Waals surface area contributed by atoms with Crippen LogP contribution in [0.5, 0.6) is 0 Å². The number of benzene rings is 6. The summed E-state index contributed by atoms with van der Waals surface area (Å²) in [5.41, 5.74) is 6.52. The molecule has 4 nitrogen and oxygen atoms in total. The molecule has 1 aliphatic heterocycles. The first-order valence-corrected chi connectivity index (χ1v) is 14.5. The molecule has 1 atom stereocenters. The van der Waals surface area contributed by atoms with E-state index >= 15 is 0 Å². The van der Waals surface area contributed by atoms with E-state index in [1.807, 2.05) is 18.2 Å². The van der Waals surface area contributed by atoms with Crippen molar-refractivity contribution in [3.8, 4) is 11.1 Å². The third-order valence-electron chi connectivity index (χ3n) is 8.08. The zero-order valence-electron chi connectivity index (χ0n) is 22.9. The number of nitrogens with one attached hydrogen (secondary N) is 1. The van der Waals surface area contributed by atoms with Crippen LogP contribution in [0, 0.1) is 0 Å². The lowest BCUT2D eigenvalue weighted by Crippen LogP contribution is -2.36. The van der Waals surface area contributed by atoms with Crippen molar-refractivity contribution < 1.29 is 9.90 Å². The zero-order chi connectivity index (χ0) is 28.6. The lowest BCUT2D eigenvalue weighted by atomic mass is 9.88. The summed E-state index contributed by atoms with van der Waals surface area (Å²) in [7, 11) is 0. The van der Waals surface area contributed by atoms with Gasteiger partial charge in [0.25, 0.3) is 0 Å². The Balaban J connectivity index is 1.24. The molecule has 0 bridgehead atoms. The Hall–Kier alpha value is -4.48. The van der Waals surface area contributed by atoms with E-state index in [2.05, 4.69) is 83.0 Å². The molecule has 6 aromatic rings. The fourth-order valence-electron chi connectivity index (χ4n) is 6.20. The monoisotopic (exact) mass is 568 g/mol. The largest absolute Gasteiger partial charge is 0.372 e. The van der Waals surface area contributed by atoms with Crippen LogP contribution in [0.4, 0.5) is 5.69 Å². The lowest BCUT2D eigenvalue weighted by Gasteiger charge is -2.26. The topological polar surface area (TPSA) is 52.6 Å². The van der Waals surface area contributed by atoms with Gasteiger partial charge in [0.1, 0.15) is 6.23 Å². The van der Waals surface area contributed by atoms with Crippen LogP contribution >= 0.6 is 11.6 Å². The highest BCUT2D eigenvalue weighted by molar-refractivity contribution is 6.31. The maximum Gasteiger partial charge on any atom is 0.195 e. The van der Waals surface area contributed by atoms with Crippen LogP contribution in [0.15, 0.2) is 121 Å². The number of β-amino-alcohol motifs (C(OH)–C–C–N with tert-alkyl or cyclic N) is 1. The lowest BCUT2D eigenvalue weighted by molar-refractivity contribution is 0.103. The molecule has 1 unspecified atom stereocenters. The summed E-state index contributed by atoms with van der Waals surface area (Å²) >= 11 is 6.29. The van der Waals surface area contributed by atoms with Gasteiger partial charge in [0.2, 0.25) is 0 Å². The molecule has 5 heteroatoms. The van der Waals surface area contributed by atoms with Crippen molar-refractivity contribution in [2.45, 2.75) is 19.3 Å². The summed E-state index contributed by atoms with van der Waals surface area (Å²) in [5, 5.41) is 19.9. The number of hydrogen-bond acceptors (Lipinski definition) is 4. The number of nitrogens with zero attached hydrogens (tertiary/aromatic N) is 1. The molecular weight excluding hydrogens is 540 g/mol. The van der Waals surface area contributed by atoms with Gasteiger partial charge >= 0.3 is 0 Å². The fraction of sp³-hybridized carbons (Fsp3) is 0.108. The number of fused-ring (bicyclic) bond motifs is 7. The predicted octanol–water partition coefficient (Wildman–Crippen LogP) is 8.29. The predicted molar refractivity (Wildman–Crippen MR) is 172 cm³/mol. The van der Waals surface area contributed by atoms with Crippen molar-refractivity contribution in [2.75, 3.05) is 11.9 Å². The van der Waals surface area contributed by atoms with E-state index in [1.54, 1.807) is 30.3 Å². The molecular formula is C37H29ClN2O2. The quantitative estimate of drug-likeness (QED) is 0.157. The Morgan fingerprint density at radius 3 is 1.93 bits per heavy atom. The number of anilines is 1. The number of aliphatic hydroxyl groups is 1. The van der Waals surface area contributed by atoms with Gasteiger partial charge in [-0.3, -0.25) is 9.69 Å². The van der Waals surface area contributed by atoms with Crippen LogP contribution in [0.25, 0.3) is 32.7 Å². The molecule has 42 heavy (non-hydrogen) atoms. The number of carbonyl (C=O) groups excluding carboxylic acids is 1. The zero-order valence-corrected chi connectivity index (χ0v) is 23.7. The molecule has 0 spiro atoms. The van der Waals surface area contributed by atoms with Crippen molar-refractivity contribution in [3.63, 3.8) is 0 Å². The number of hydrogen-bond donors (Lipinski definition) is 2. The molecule has 0 saturated carbocycles. The van der Waals surface area contributed by atoms with Crippen LogP contribution in [0.3, 0.4) is 0 Å². The van der Waals surface area contributed by atoms with Gasteiger partial charge in [0.05, 0.1) is 0 Å². The van der Waals surface area contributed by atoms with E-state index in [9.17, 15) is 9.90 Å². The average molecular weight is 569 g/mol. The SMILES string of the molecule is O=C(c1ccccc1)c1cc(Cl)ccc1NC(O)CN1Cc2ccc3ccccc3c2-c2c(ccc3ccccc23)C1.